The molecule has 5 nitrogen and oxygen atoms in total. The molecule has 0 saturated heterocycles. The maximum atomic E-state index is 11.8. The predicted octanol–water partition coefficient (Wildman–Crippen LogP) is 1.41. The van der Waals surface area contributed by atoms with Crippen LogP contribution in [0.5, 0.6) is 0 Å². The fourth-order valence-electron chi connectivity index (χ4n) is 1.35. The molecule has 1 aromatic heterocycles. The van der Waals surface area contributed by atoms with Crippen molar-refractivity contribution in [3.05, 3.63) is 16.5 Å². The fraction of sp³-hybridized carbons (Fsp3) is 0.636. The number of aromatic nitrogens is 1. The van der Waals surface area contributed by atoms with Crippen LogP contribution in [0.3, 0.4) is 0 Å². The van der Waals surface area contributed by atoms with Crippen molar-refractivity contribution >= 4 is 17.5 Å². The first-order valence-electron chi connectivity index (χ1n) is 5.44. The molecule has 0 aromatic carbocycles. The van der Waals surface area contributed by atoms with Crippen molar-refractivity contribution in [3.63, 3.8) is 0 Å². The molecule has 1 heterocycles. The van der Waals surface area contributed by atoms with Crippen LogP contribution in [0, 0.1) is 6.92 Å². The highest BCUT2D eigenvalue weighted by Gasteiger charge is 2.17. The van der Waals surface area contributed by atoms with Crippen molar-refractivity contribution < 1.29 is 14.4 Å². The van der Waals surface area contributed by atoms with E-state index < -0.39 is 6.10 Å². The first kappa shape index (κ1) is 14.0. The van der Waals surface area contributed by atoms with E-state index in [2.05, 4.69) is 5.16 Å². The molecule has 0 radical (unpaired) electrons. The number of halogens is 1. The third kappa shape index (κ3) is 4.02. The van der Waals surface area contributed by atoms with E-state index in [1.54, 1.807) is 25.8 Å². The molecule has 17 heavy (non-hydrogen) atoms. The van der Waals surface area contributed by atoms with E-state index in [0.29, 0.717) is 24.2 Å². The Balaban J connectivity index is 2.54. The molecule has 1 amide bonds. The van der Waals surface area contributed by atoms with Crippen molar-refractivity contribution in [2.24, 2.45) is 0 Å². The first-order valence-corrected chi connectivity index (χ1v) is 5.82. The van der Waals surface area contributed by atoms with Crippen LogP contribution in [-0.4, -0.2) is 40.8 Å². The number of rotatable bonds is 5. The Labute approximate surface area is 105 Å². The minimum atomic E-state index is -0.411. The number of aliphatic hydroxyl groups is 1. The topological polar surface area (TPSA) is 66.6 Å². The summed E-state index contributed by atoms with van der Waals surface area (Å²) in [4.78, 5) is 13.4. The van der Waals surface area contributed by atoms with Crippen LogP contribution in [0.2, 0.25) is 5.22 Å². The predicted molar refractivity (Wildman–Crippen MR) is 63.9 cm³/mol. The van der Waals surface area contributed by atoms with E-state index in [0.717, 1.165) is 0 Å². The van der Waals surface area contributed by atoms with Gasteiger partial charge in [0.25, 0.3) is 0 Å². The lowest BCUT2D eigenvalue weighted by molar-refractivity contribution is -0.129. The maximum absolute atomic E-state index is 11.8. The number of amides is 1. The van der Waals surface area contributed by atoms with Crippen molar-refractivity contribution in [3.8, 4) is 0 Å². The summed E-state index contributed by atoms with van der Waals surface area (Å²) >= 11 is 5.78. The molecule has 1 rings (SSSR count). The molecule has 0 aliphatic heterocycles. The van der Waals surface area contributed by atoms with Crippen LogP contribution in [0.1, 0.15) is 24.6 Å². The Morgan fingerprint density at radius 2 is 2.29 bits per heavy atom. The molecule has 1 unspecified atom stereocenters. The maximum Gasteiger partial charge on any atom is 0.229 e. The summed E-state index contributed by atoms with van der Waals surface area (Å²) in [7, 11) is 1.70. The number of nitrogens with zero attached hydrogens (tertiary/aromatic N) is 2. The van der Waals surface area contributed by atoms with Crippen molar-refractivity contribution in [1.82, 2.24) is 10.1 Å². The van der Waals surface area contributed by atoms with Gasteiger partial charge in [0.05, 0.1) is 18.2 Å². The normalized spacial score (nSPS) is 12.5. The van der Waals surface area contributed by atoms with Crippen LogP contribution in [-0.2, 0) is 11.2 Å². The first-order chi connectivity index (χ1) is 7.91. The summed E-state index contributed by atoms with van der Waals surface area (Å²) in [6, 6.07) is 0. The second-order valence-electron chi connectivity index (χ2n) is 4.15. The SMILES string of the molecule is Cc1noc(Cl)c1CC(=O)N(C)CCC(C)O. The Hall–Kier alpha value is -1.07. The molecule has 0 bridgehead atoms. The van der Waals surface area contributed by atoms with Gasteiger partial charge in [0, 0.05) is 19.2 Å². The Morgan fingerprint density at radius 1 is 1.65 bits per heavy atom. The highest BCUT2D eigenvalue weighted by molar-refractivity contribution is 6.29. The van der Waals surface area contributed by atoms with E-state index in [-0.39, 0.29) is 17.5 Å². The highest BCUT2D eigenvalue weighted by Crippen LogP contribution is 2.19. The smallest absolute Gasteiger partial charge is 0.229 e. The summed E-state index contributed by atoms with van der Waals surface area (Å²) in [5.41, 5.74) is 1.26. The van der Waals surface area contributed by atoms with Gasteiger partial charge in [-0.3, -0.25) is 4.79 Å². The van der Waals surface area contributed by atoms with Gasteiger partial charge in [0.15, 0.2) is 0 Å². The van der Waals surface area contributed by atoms with Gasteiger partial charge >= 0.3 is 0 Å². The number of aliphatic hydroxyl groups excluding tert-OH is 1. The van der Waals surface area contributed by atoms with E-state index in [1.807, 2.05) is 0 Å². The van der Waals surface area contributed by atoms with E-state index >= 15 is 0 Å². The third-order valence-corrected chi connectivity index (χ3v) is 2.87. The molecule has 1 atom stereocenters. The van der Waals surface area contributed by atoms with Gasteiger partial charge in [-0.15, -0.1) is 0 Å². The van der Waals surface area contributed by atoms with Crippen LogP contribution >= 0.6 is 11.6 Å². The zero-order valence-electron chi connectivity index (χ0n) is 10.2. The Morgan fingerprint density at radius 3 is 2.76 bits per heavy atom. The van der Waals surface area contributed by atoms with Gasteiger partial charge in [-0.25, -0.2) is 0 Å². The lowest BCUT2D eigenvalue weighted by Crippen LogP contribution is -2.30. The quantitative estimate of drug-likeness (QED) is 0.869. The summed E-state index contributed by atoms with van der Waals surface area (Å²) in [6.45, 7) is 3.95. The minimum Gasteiger partial charge on any atom is -0.393 e. The number of likely N-dealkylation sites (N-methyl/N-ethyl adjacent to an activating group) is 1. The number of carbonyl (C=O) groups excluding carboxylic acids is 1. The van der Waals surface area contributed by atoms with E-state index in [4.69, 9.17) is 21.2 Å². The van der Waals surface area contributed by atoms with Crippen LogP contribution in [0.15, 0.2) is 4.52 Å². The molecule has 0 spiro atoms. The van der Waals surface area contributed by atoms with Crippen LogP contribution in [0.25, 0.3) is 0 Å². The molecule has 0 aliphatic carbocycles. The summed E-state index contributed by atoms with van der Waals surface area (Å²) < 4.78 is 4.78. The molecule has 1 aromatic rings. The lowest BCUT2D eigenvalue weighted by Gasteiger charge is -2.17. The van der Waals surface area contributed by atoms with Crippen LogP contribution < -0.4 is 0 Å². The summed E-state index contributed by atoms with van der Waals surface area (Å²) in [5.74, 6) is -0.0705. The van der Waals surface area contributed by atoms with Gasteiger partial charge < -0.3 is 14.5 Å². The number of aryl methyl sites for hydroxylation is 1. The molecular weight excluding hydrogens is 244 g/mol. The average Bonchev–Trinajstić information content (AvgIpc) is 2.57. The zero-order chi connectivity index (χ0) is 13.0. The van der Waals surface area contributed by atoms with Gasteiger partial charge in [0.2, 0.25) is 11.1 Å². The monoisotopic (exact) mass is 260 g/mol. The van der Waals surface area contributed by atoms with Crippen molar-refractivity contribution in [2.75, 3.05) is 13.6 Å². The number of hydrogen-bond acceptors (Lipinski definition) is 4. The Bertz CT molecular complexity index is 371. The molecule has 1 N–H and O–H groups in total. The van der Waals surface area contributed by atoms with Gasteiger partial charge in [-0.05, 0) is 31.9 Å². The van der Waals surface area contributed by atoms with Crippen molar-refractivity contribution in [1.29, 1.82) is 0 Å². The van der Waals surface area contributed by atoms with E-state index in [1.165, 1.54) is 0 Å². The molecule has 0 fully saturated rings. The molecule has 0 saturated carbocycles. The number of hydrogen-bond donors (Lipinski definition) is 1. The minimum absolute atomic E-state index is 0.0705. The molecular formula is C11H17ClN2O3. The zero-order valence-corrected chi connectivity index (χ0v) is 11.0. The summed E-state index contributed by atoms with van der Waals surface area (Å²) in [6.07, 6.45) is 0.314. The third-order valence-electron chi connectivity index (χ3n) is 2.57. The van der Waals surface area contributed by atoms with Gasteiger partial charge in [0.1, 0.15) is 0 Å². The highest BCUT2D eigenvalue weighted by atomic mass is 35.5. The fourth-order valence-corrected chi connectivity index (χ4v) is 1.59. The Kier molecular flexibility index (Phi) is 4.96. The van der Waals surface area contributed by atoms with E-state index in [9.17, 15) is 4.79 Å². The standard InChI is InChI=1S/C11H17ClN2O3/c1-7(15)4-5-14(3)10(16)6-9-8(2)13-17-11(9)12/h7,15H,4-6H2,1-3H3. The van der Waals surface area contributed by atoms with Crippen molar-refractivity contribution in [2.45, 2.75) is 32.8 Å². The lowest BCUT2D eigenvalue weighted by atomic mass is 10.1. The molecule has 0 aliphatic rings. The molecule has 6 heteroatoms. The largest absolute Gasteiger partial charge is 0.393 e. The van der Waals surface area contributed by atoms with Crippen LogP contribution in [0.4, 0.5) is 0 Å². The second-order valence-corrected chi connectivity index (χ2v) is 4.49. The van der Waals surface area contributed by atoms with Gasteiger partial charge in [-0.2, -0.15) is 0 Å². The molecule has 96 valence electrons. The second kappa shape index (κ2) is 6.02. The van der Waals surface area contributed by atoms with Gasteiger partial charge in [-0.1, -0.05) is 5.16 Å². The number of carbonyl (C=O) groups is 1. The summed E-state index contributed by atoms with van der Waals surface area (Å²) in [5, 5.41) is 13.0. The average molecular weight is 261 g/mol.